The molecule has 0 atom stereocenters. The molecular weight excluding hydrogens is 288 g/mol. The van der Waals surface area contributed by atoms with Crippen LogP contribution < -0.4 is 68.9 Å². The summed E-state index contributed by atoms with van der Waals surface area (Å²) in [7, 11) is -5.17. The smallest absolute Gasteiger partial charge is 0.759 e. The van der Waals surface area contributed by atoms with Gasteiger partial charge in [0.15, 0.2) is 0 Å². The van der Waals surface area contributed by atoms with Crippen LogP contribution in [0.5, 0.6) is 0 Å². The van der Waals surface area contributed by atoms with E-state index in [0.29, 0.717) is 0 Å². The molecule has 0 aliphatic heterocycles. The van der Waals surface area contributed by atoms with Gasteiger partial charge < -0.3 is 9.11 Å². The Balaban J connectivity index is -0.0000000800. The van der Waals surface area contributed by atoms with Crippen LogP contribution in [0.4, 0.5) is 0 Å². The maximum absolute atomic E-state index is 8.52. The average Bonchev–Trinajstić information content (AvgIpc) is 0.722. The van der Waals surface area contributed by atoms with Gasteiger partial charge in [-0.3, -0.25) is 8.42 Å². The maximum atomic E-state index is 8.52. The van der Waals surface area contributed by atoms with Crippen molar-refractivity contribution in [2.24, 2.45) is 0 Å². The predicted octanol–water partition coefficient (Wildman–Crippen LogP) is -4.34. The van der Waals surface area contributed by atoms with Crippen molar-refractivity contribution in [2.45, 2.75) is 0 Å². The molecule has 7 heteroatoms. The first-order chi connectivity index (χ1) is 2.00. The van der Waals surface area contributed by atoms with E-state index in [-0.39, 0.29) is 85.7 Å². The first kappa shape index (κ1) is 16.2. The van der Waals surface area contributed by atoms with Gasteiger partial charge in [0.1, 0.15) is 0 Å². The monoisotopic (exact) mass is 288 g/mol. The summed E-state index contributed by atoms with van der Waals surface area (Å²) in [6.07, 6.45) is 0. The van der Waals surface area contributed by atoms with E-state index >= 15 is 0 Å². The quantitative estimate of drug-likeness (QED) is 0.333. The van der Waals surface area contributed by atoms with Crippen LogP contribution in [-0.4, -0.2) is 17.5 Å². The fourth-order valence-corrected chi connectivity index (χ4v) is 0. The molecule has 0 unspecified atom stereocenters. The number of rotatable bonds is 0. The molecule has 1 radical (unpaired) electrons. The Morgan fingerprint density at radius 3 is 1.14 bits per heavy atom. The second kappa shape index (κ2) is 6.55. The van der Waals surface area contributed by atoms with E-state index in [0.717, 1.165) is 0 Å². The topological polar surface area (TPSA) is 80.3 Å². The van der Waals surface area contributed by atoms with Gasteiger partial charge in [-0.25, -0.2) is 0 Å². The van der Waals surface area contributed by atoms with Crippen molar-refractivity contribution in [2.75, 3.05) is 0 Å². The Labute approximate surface area is 111 Å². The molecule has 0 N–H and O–H groups in total. The molecule has 0 heterocycles. The van der Waals surface area contributed by atoms with E-state index in [1.54, 1.807) is 0 Å². The van der Waals surface area contributed by atoms with Crippen LogP contribution >= 0.6 is 0 Å². The first-order valence-electron chi connectivity index (χ1n) is 0.667. The molecule has 0 fully saturated rings. The molecule has 0 saturated carbocycles. The Morgan fingerprint density at radius 2 is 1.14 bits per heavy atom. The van der Waals surface area contributed by atoms with Crippen LogP contribution in [0, 0.1) is 0 Å². The molecule has 0 amide bonds. The summed E-state index contributed by atoms with van der Waals surface area (Å²) in [5.41, 5.74) is 0. The minimum atomic E-state index is -5.17. The van der Waals surface area contributed by atoms with Crippen molar-refractivity contribution < 1.29 is 103 Å². The summed E-state index contributed by atoms with van der Waals surface area (Å²) in [5.74, 6) is 0. The first-order valence-corrected chi connectivity index (χ1v) is 2.00. The molecular formula is CoCsO4S+. The molecule has 0 aromatic heterocycles. The van der Waals surface area contributed by atoms with E-state index in [2.05, 4.69) is 0 Å². The van der Waals surface area contributed by atoms with Crippen molar-refractivity contribution in [3.63, 3.8) is 0 Å². The van der Waals surface area contributed by atoms with Crippen molar-refractivity contribution in [1.82, 2.24) is 0 Å². The Morgan fingerprint density at radius 1 is 1.14 bits per heavy atom. The van der Waals surface area contributed by atoms with E-state index in [4.69, 9.17) is 17.5 Å². The van der Waals surface area contributed by atoms with Crippen LogP contribution in [0.2, 0.25) is 0 Å². The van der Waals surface area contributed by atoms with Gasteiger partial charge >= 0.3 is 85.7 Å². The maximum Gasteiger partial charge on any atom is 2.00 e. The van der Waals surface area contributed by atoms with Gasteiger partial charge in [-0.15, -0.1) is 0 Å². The third-order valence-corrected chi connectivity index (χ3v) is 0. The molecule has 0 aliphatic carbocycles. The van der Waals surface area contributed by atoms with Crippen molar-refractivity contribution >= 4 is 10.4 Å². The molecule has 0 saturated heterocycles. The van der Waals surface area contributed by atoms with E-state index < -0.39 is 10.4 Å². The summed E-state index contributed by atoms with van der Waals surface area (Å²) < 4.78 is 34.1. The van der Waals surface area contributed by atoms with Gasteiger partial charge in [0.2, 0.25) is 0 Å². The zero-order chi connectivity index (χ0) is 4.50. The zero-order valence-corrected chi connectivity index (χ0v) is 11.5. The Kier molecular flexibility index (Phi) is 15.2. The second-order valence-corrected chi connectivity index (χ2v) is 1.22. The molecule has 0 rings (SSSR count). The number of hydrogen-bond donors (Lipinski definition) is 0. The Bertz CT molecular complexity index is 94.9. The van der Waals surface area contributed by atoms with Crippen molar-refractivity contribution in [1.29, 1.82) is 0 Å². The third kappa shape index (κ3) is 59.1. The SMILES string of the molecule is O=S(=O)([O-])[O-].[Co+2].[Cs+]. The molecule has 0 aliphatic rings. The minimum absolute atomic E-state index is 0. The second-order valence-electron chi connectivity index (χ2n) is 0.408. The summed E-state index contributed by atoms with van der Waals surface area (Å²) in [6.45, 7) is 0. The molecule has 0 bridgehead atoms. The van der Waals surface area contributed by atoms with Gasteiger partial charge in [0, 0.05) is 10.4 Å². The molecule has 0 aromatic carbocycles. The van der Waals surface area contributed by atoms with E-state index in [1.165, 1.54) is 0 Å². The van der Waals surface area contributed by atoms with Gasteiger partial charge in [-0.1, -0.05) is 0 Å². The summed E-state index contributed by atoms with van der Waals surface area (Å²) >= 11 is 0. The van der Waals surface area contributed by atoms with Crippen LogP contribution in [0.3, 0.4) is 0 Å². The number of hydrogen-bond acceptors (Lipinski definition) is 4. The van der Waals surface area contributed by atoms with Gasteiger partial charge in [-0.05, 0) is 0 Å². The van der Waals surface area contributed by atoms with Crippen LogP contribution in [-0.2, 0) is 27.2 Å². The minimum Gasteiger partial charge on any atom is -0.759 e. The normalized spacial score (nSPS) is 8.29. The van der Waals surface area contributed by atoms with Crippen LogP contribution in [0.25, 0.3) is 0 Å². The summed E-state index contributed by atoms with van der Waals surface area (Å²) in [4.78, 5) is 0. The van der Waals surface area contributed by atoms with Crippen molar-refractivity contribution in [3.05, 3.63) is 0 Å². The third-order valence-electron chi connectivity index (χ3n) is 0. The molecule has 0 aromatic rings. The molecule has 4 nitrogen and oxygen atoms in total. The van der Waals surface area contributed by atoms with Crippen molar-refractivity contribution in [3.8, 4) is 0 Å². The van der Waals surface area contributed by atoms with E-state index in [9.17, 15) is 0 Å². The zero-order valence-electron chi connectivity index (χ0n) is 3.37. The fraction of sp³-hybridized carbons (Fsp3) is 0. The molecule has 39 valence electrons. The van der Waals surface area contributed by atoms with E-state index in [1.807, 2.05) is 0 Å². The van der Waals surface area contributed by atoms with Crippen LogP contribution in [0.15, 0.2) is 0 Å². The molecule has 7 heavy (non-hydrogen) atoms. The van der Waals surface area contributed by atoms with Gasteiger partial charge in [0.05, 0.1) is 0 Å². The van der Waals surface area contributed by atoms with Crippen LogP contribution in [0.1, 0.15) is 0 Å². The summed E-state index contributed by atoms with van der Waals surface area (Å²) in [5, 5.41) is 0. The largest absolute Gasteiger partial charge is 2.00 e. The summed E-state index contributed by atoms with van der Waals surface area (Å²) in [6, 6.07) is 0. The predicted molar refractivity (Wildman–Crippen MR) is 10.5 cm³/mol. The average molecular weight is 288 g/mol. The van der Waals surface area contributed by atoms with Gasteiger partial charge in [-0.2, -0.15) is 0 Å². The standard InChI is InChI=1S/Co.Cs.H2O4S/c;;1-5(2,3)4/h;;(H2,1,2,3,4)/q+2;+1;/p-2. The molecule has 0 spiro atoms. The Hall–Kier alpha value is 2.43. The fourth-order valence-electron chi connectivity index (χ4n) is 0. The van der Waals surface area contributed by atoms with Gasteiger partial charge in [0.25, 0.3) is 0 Å².